The van der Waals surface area contributed by atoms with E-state index in [1.807, 2.05) is 60.4 Å². The number of hydrogen-bond acceptors (Lipinski definition) is 4. The van der Waals surface area contributed by atoms with Crippen molar-refractivity contribution >= 4 is 40.1 Å². The molecule has 2 aromatic carbocycles. The summed E-state index contributed by atoms with van der Waals surface area (Å²) in [6, 6.07) is 15.8. The number of rotatable bonds is 8. The number of halogens is 1. The maximum atomic E-state index is 11.1. The summed E-state index contributed by atoms with van der Waals surface area (Å²) >= 11 is 7.80. The van der Waals surface area contributed by atoms with Crippen LogP contribution < -0.4 is 4.90 Å². The highest BCUT2D eigenvalue weighted by Gasteiger charge is 2.18. The molecule has 4 nitrogen and oxygen atoms in total. The summed E-state index contributed by atoms with van der Waals surface area (Å²) in [7, 11) is 0. The number of aryl methyl sites for hydroxylation is 1. The molecular formula is C22H21ClN2O2S. The molecule has 1 aromatic heterocycles. The van der Waals surface area contributed by atoms with Gasteiger partial charge in [0.05, 0.1) is 17.0 Å². The lowest BCUT2D eigenvalue weighted by molar-refractivity contribution is -0.136. The largest absolute Gasteiger partial charge is 0.481 e. The van der Waals surface area contributed by atoms with E-state index in [9.17, 15) is 4.79 Å². The van der Waals surface area contributed by atoms with Gasteiger partial charge in [-0.15, -0.1) is 0 Å². The molecule has 28 heavy (non-hydrogen) atoms. The van der Waals surface area contributed by atoms with Gasteiger partial charge in [0.1, 0.15) is 0 Å². The number of carbonyl (C=O) groups is 1. The summed E-state index contributed by atoms with van der Waals surface area (Å²) in [4.78, 5) is 18.9. The van der Waals surface area contributed by atoms with Gasteiger partial charge in [0.15, 0.2) is 5.13 Å². The topological polar surface area (TPSA) is 53.4 Å². The van der Waals surface area contributed by atoms with E-state index in [2.05, 4.69) is 6.58 Å². The fourth-order valence-electron chi connectivity index (χ4n) is 2.82. The molecule has 0 amide bonds. The highest BCUT2D eigenvalue weighted by Crippen LogP contribution is 2.36. The van der Waals surface area contributed by atoms with Gasteiger partial charge in [-0.2, -0.15) is 0 Å². The first kappa shape index (κ1) is 20.1. The van der Waals surface area contributed by atoms with E-state index < -0.39 is 5.97 Å². The third kappa shape index (κ3) is 4.80. The lowest BCUT2D eigenvalue weighted by Crippen LogP contribution is -2.25. The fourth-order valence-corrected chi connectivity index (χ4v) is 3.96. The van der Waals surface area contributed by atoms with Gasteiger partial charge >= 0.3 is 5.97 Å². The van der Waals surface area contributed by atoms with E-state index in [1.54, 1.807) is 6.08 Å². The predicted octanol–water partition coefficient (Wildman–Crippen LogP) is 5.90. The van der Waals surface area contributed by atoms with Crippen LogP contribution in [0, 0.1) is 6.92 Å². The Morgan fingerprint density at radius 2 is 2.04 bits per heavy atom. The van der Waals surface area contributed by atoms with Crippen LogP contribution in [0.3, 0.4) is 0 Å². The van der Waals surface area contributed by atoms with Crippen LogP contribution in [0.15, 0.2) is 55.1 Å². The zero-order valence-corrected chi connectivity index (χ0v) is 17.1. The van der Waals surface area contributed by atoms with Crippen molar-refractivity contribution < 1.29 is 9.90 Å². The molecule has 0 saturated carbocycles. The molecule has 0 unspecified atom stereocenters. The maximum absolute atomic E-state index is 11.1. The summed E-state index contributed by atoms with van der Waals surface area (Å²) in [6.07, 6.45) is 1.82. The van der Waals surface area contributed by atoms with Gasteiger partial charge in [-0.1, -0.05) is 72.0 Å². The fraction of sp³-hybridized carbons (Fsp3) is 0.182. The van der Waals surface area contributed by atoms with Gasteiger partial charge in [-0.3, -0.25) is 4.79 Å². The molecule has 0 atom stereocenters. The van der Waals surface area contributed by atoms with Crippen LogP contribution >= 0.6 is 22.9 Å². The van der Waals surface area contributed by atoms with Crippen molar-refractivity contribution in [2.24, 2.45) is 0 Å². The van der Waals surface area contributed by atoms with Crippen molar-refractivity contribution in [2.45, 2.75) is 19.9 Å². The SMILES string of the molecule is C=Cc1sc(N(CCC(=O)O)Cc2ccccc2)nc1-c1ccc(C)c(Cl)c1. The lowest BCUT2D eigenvalue weighted by atomic mass is 10.1. The molecule has 1 heterocycles. The summed E-state index contributed by atoms with van der Waals surface area (Å²) in [5, 5.41) is 10.6. The Labute approximate surface area is 173 Å². The molecule has 3 aromatic rings. The molecule has 3 rings (SSSR count). The van der Waals surface area contributed by atoms with Crippen LogP contribution in [0.5, 0.6) is 0 Å². The minimum absolute atomic E-state index is 0.0432. The van der Waals surface area contributed by atoms with E-state index in [-0.39, 0.29) is 6.42 Å². The summed E-state index contributed by atoms with van der Waals surface area (Å²) in [5.74, 6) is -0.830. The Morgan fingerprint density at radius 1 is 1.29 bits per heavy atom. The molecule has 0 aliphatic carbocycles. The number of aliphatic carboxylic acids is 1. The summed E-state index contributed by atoms with van der Waals surface area (Å²) in [6.45, 7) is 6.84. The summed E-state index contributed by atoms with van der Waals surface area (Å²) in [5.41, 5.74) is 3.84. The average Bonchev–Trinajstić information content (AvgIpc) is 3.12. The number of benzene rings is 2. The Balaban J connectivity index is 1.97. The number of carboxylic acids is 1. The number of thiazole rings is 1. The van der Waals surface area contributed by atoms with Crippen LogP contribution in [0.4, 0.5) is 5.13 Å². The van der Waals surface area contributed by atoms with Crippen molar-refractivity contribution in [3.63, 3.8) is 0 Å². The highest BCUT2D eigenvalue weighted by molar-refractivity contribution is 7.16. The molecule has 0 bridgehead atoms. The molecule has 6 heteroatoms. The third-order valence-corrected chi connectivity index (χ3v) is 5.87. The zero-order valence-electron chi connectivity index (χ0n) is 15.6. The van der Waals surface area contributed by atoms with Crippen LogP contribution in [0.2, 0.25) is 5.02 Å². The Hall–Kier alpha value is -2.63. The van der Waals surface area contributed by atoms with E-state index in [0.29, 0.717) is 18.1 Å². The zero-order chi connectivity index (χ0) is 20.1. The standard InChI is InChI=1S/C22H21ClN2O2S/c1-3-19-21(17-10-9-15(2)18(23)13-17)24-22(28-19)25(12-11-20(26)27)14-16-7-5-4-6-8-16/h3-10,13H,1,11-12,14H2,2H3,(H,26,27). The number of anilines is 1. The number of aromatic nitrogens is 1. The van der Waals surface area contributed by atoms with E-state index in [4.69, 9.17) is 21.7 Å². The Morgan fingerprint density at radius 3 is 2.68 bits per heavy atom. The second-order valence-corrected chi connectivity index (χ2v) is 7.84. The predicted molar refractivity (Wildman–Crippen MR) is 117 cm³/mol. The average molecular weight is 413 g/mol. The van der Waals surface area contributed by atoms with Crippen LogP contribution in [0.25, 0.3) is 17.3 Å². The molecule has 0 spiro atoms. The van der Waals surface area contributed by atoms with E-state index >= 15 is 0 Å². The molecule has 144 valence electrons. The first-order valence-corrected chi connectivity index (χ1v) is 10.1. The van der Waals surface area contributed by atoms with Gasteiger partial charge in [-0.05, 0) is 30.2 Å². The maximum Gasteiger partial charge on any atom is 0.305 e. The van der Waals surface area contributed by atoms with Crippen molar-refractivity contribution in [1.82, 2.24) is 4.98 Å². The summed E-state index contributed by atoms with van der Waals surface area (Å²) < 4.78 is 0. The van der Waals surface area contributed by atoms with Crippen molar-refractivity contribution in [3.8, 4) is 11.3 Å². The van der Waals surface area contributed by atoms with Crippen molar-refractivity contribution in [2.75, 3.05) is 11.4 Å². The minimum atomic E-state index is -0.830. The number of carboxylic acid groups (broad SMARTS) is 1. The molecular weight excluding hydrogens is 392 g/mol. The van der Waals surface area contributed by atoms with Gasteiger partial charge in [0.25, 0.3) is 0 Å². The van der Waals surface area contributed by atoms with Gasteiger partial charge in [0, 0.05) is 23.7 Å². The van der Waals surface area contributed by atoms with Gasteiger partial charge in [-0.25, -0.2) is 4.98 Å². The van der Waals surface area contributed by atoms with Crippen molar-refractivity contribution in [1.29, 1.82) is 0 Å². The quantitative estimate of drug-likeness (QED) is 0.500. The van der Waals surface area contributed by atoms with E-state index in [1.165, 1.54) is 11.3 Å². The van der Waals surface area contributed by atoms with E-state index in [0.717, 1.165) is 32.4 Å². The highest BCUT2D eigenvalue weighted by atomic mass is 35.5. The second-order valence-electron chi connectivity index (χ2n) is 6.43. The molecule has 0 saturated heterocycles. The normalized spacial score (nSPS) is 10.6. The number of hydrogen-bond donors (Lipinski definition) is 1. The molecule has 0 fully saturated rings. The second kappa shape index (κ2) is 9.04. The van der Waals surface area contributed by atoms with Crippen LogP contribution in [-0.4, -0.2) is 22.6 Å². The number of nitrogens with zero attached hydrogens (tertiary/aromatic N) is 2. The lowest BCUT2D eigenvalue weighted by Gasteiger charge is -2.21. The van der Waals surface area contributed by atoms with Gasteiger partial charge < -0.3 is 10.0 Å². The van der Waals surface area contributed by atoms with Crippen molar-refractivity contribution in [3.05, 3.63) is 76.1 Å². The molecule has 1 N–H and O–H groups in total. The van der Waals surface area contributed by atoms with Crippen LogP contribution in [-0.2, 0) is 11.3 Å². The molecule has 0 aliphatic heterocycles. The Bertz CT molecular complexity index is 985. The first-order chi connectivity index (χ1) is 13.5. The third-order valence-electron chi connectivity index (χ3n) is 4.36. The van der Waals surface area contributed by atoms with Gasteiger partial charge in [0.2, 0.25) is 0 Å². The molecule has 0 radical (unpaired) electrons. The smallest absolute Gasteiger partial charge is 0.305 e. The van der Waals surface area contributed by atoms with Crippen LogP contribution in [0.1, 0.15) is 22.4 Å². The Kier molecular flexibility index (Phi) is 6.49. The first-order valence-electron chi connectivity index (χ1n) is 8.88. The molecule has 0 aliphatic rings. The minimum Gasteiger partial charge on any atom is -0.481 e. The monoisotopic (exact) mass is 412 g/mol.